The van der Waals surface area contributed by atoms with E-state index in [1.54, 1.807) is 4.90 Å². The Labute approximate surface area is 163 Å². The number of ether oxygens (including phenoxy) is 1. The van der Waals surface area contributed by atoms with Crippen molar-refractivity contribution in [1.29, 1.82) is 0 Å². The van der Waals surface area contributed by atoms with Crippen molar-refractivity contribution in [2.45, 2.75) is 32.2 Å². The van der Waals surface area contributed by atoms with Crippen LogP contribution in [0.25, 0.3) is 5.70 Å². The lowest BCUT2D eigenvalue weighted by atomic mass is 10.0. The number of benzene rings is 1. The fourth-order valence-electron chi connectivity index (χ4n) is 2.91. The molecule has 1 aromatic rings. The Morgan fingerprint density at radius 2 is 1.83 bits per heavy atom. The molecule has 1 amide bonds. The van der Waals surface area contributed by atoms with E-state index in [2.05, 4.69) is 15.2 Å². The van der Waals surface area contributed by atoms with Gasteiger partial charge in [0.2, 0.25) is 11.7 Å². The highest BCUT2D eigenvalue weighted by molar-refractivity contribution is 5.98. The van der Waals surface area contributed by atoms with Gasteiger partial charge >= 0.3 is 6.36 Å². The molecule has 5 N–H and O–H groups in total. The third-order valence-corrected chi connectivity index (χ3v) is 4.19. The van der Waals surface area contributed by atoms with Gasteiger partial charge in [0, 0.05) is 43.4 Å². The number of nitrogens with two attached hydrogens (primary N) is 2. The zero-order valence-electron chi connectivity index (χ0n) is 15.4. The summed E-state index contributed by atoms with van der Waals surface area (Å²) in [5, 5.41) is 6.42. The molecular formula is C17H20F5N5O2. The molecule has 29 heavy (non-hydrogen) atoms. The molecule has 0 unspecified atom stereocenters. The van der Waals surface area contributed by atoms with E-state index in [4.69, 9.17) is 11.6 Å². The number of hydrogen-bond acceptors (Lipinski definition) is 5. The Balaban J connectivity index is 2.16. The number of nitrogens with one attached hydrogen (secondary N) is 1. The van der Waals surface area contributed by atoms with Gasteiger partial charge in [-0.1, -0.05) is 0 Å². The smallest absolute Gasteiger partial charge is 0.399 e. The molecule has 1 heterocycles. The van der Waals surface area contributed by atoms with Gasteiger partial charge in [0.15, 0.2) is 11.6 Å². The van der Waals surface area contributed by atoms with Gasteiger partial charge < -0.3 is 26.5 Å². The summed E-state index contributed by atoms with van der Waals surface area (Å²) in [6.07, 6.45) is -2.73. The van der Waals surface area contributed by atoms with Crippen molar-refractivity contribution in [3.05, 3.63) is 35.4 Å². The first-order valence-corrected chi connectivity index (χ1v) is 8.52. The highest BCUT2D eigenvalue weighted by Crippen LogP contribution is 2.30. The van der Waals surface area contributed by atoms with Gasteiger partial charge in [0.1, 0.15) is 5.84 Å². The van der Waals surface area contributed by atoms with Crippen molar-refractivity contribution in [2.75, 3.05) is 13.1 Å². The van der Waals surface area contributed by atoms with E-state index in [1.807, 2.05) is 0 Å². The van der Waals surface area contributed by atoms with Crippen LogP contribution in [0.5, 0.6) is 5.75 Å². The second kappa shape index (κ2) is 8.97. The predicted molar refractivity (Wildman–Crippen MR) is 95.2 cm³/mol. The van der Waals surface area contributed by atoms with Crippen LogP contribution >= 0.6 is 0 Å². The Morgan fingerprint density at radius 3 is 2.28 bits per heavy atom. The van der Waals surface area contributed by atoms with E-state index < -0.39 is 23.7 Å². The largest absolute Gasteiger partial charge is 0.573 e. The van der Waals surface area contributed by atoms with Gasteiger partial charge in [-0.15, -0.1) is 13.2 Å². The molecule has 0 atom stereocenters. The summed E-state index contributed by atoms with van der Waals surface area (Å²) in [5.74, 6) is 0.781. The first-order chi connectivity index (χ1) is 13.5. The minimum atomic E-state index is -5.24. The SMILES string of the molecule is CC(=O)NC1CCN(C(/C=C(\N)c2cc(F)c(OC(F)(F)F)c(F)c2)=N/N)CC1. The van der Waals surface area contributed by atoms with E-state index in [0.29, 0.717) is 38.1 Å². The molecule has 0 radical (unpaired) electrons. The summed E-state index contributed by atoms with van der Waals surface area (Å²) in [6.45, 7) is 2.41. The van der Waals surface area contributed by atoms with Gasteiger partial charge in [0.05, 0.1) is 0 Å². The van der Waals surface area contributed by atoms with Crippen molar-refractivity contribution in [3.8, 4) is 5.75 Å². The van der Waals surface area contributed by atoms with Crippen molar-refractivity contribution in [2.24, 2.45) is 16.7 Å². The lowest BCUT2D eigenvalue weighted by Crippen LogP contribution is -2.46. The van der Waals surface area contributed by atoms with Crippen LogP contribution in [0, 0.1) is 11.6 Å². The Bertz CT molecular complexity index is 794. The second-order valence-electron chi connectivity index (χ2n) is 6.37. The monoisotopic (exact) mass is 421 g/mol. The van der Waals surface area contributed by atoms with Crippen LogP contribution in [0.4, 0.5) is 22.0 Å². The maximum Gasteiger partial charge on any atom is 0.573 e. The van der Waals surface area contributed by atoms with Crippen molar-refractivity contribution in [3.63, 3.8) is 0 Å². The number of amidine groups is 1. The first kappa shape index (κ1) is 22.2. The van der Waals surface area contributed by atoms with Gasteiger partial charge in [0.25, 0.3) is 0 Å². The molecule has 1 aromatic carbocycles. The maximum atomic E-state index is 13.9. The number of carbonyl (C=O) groups is 1. The number of likely N-dealkylation sites (tertiary alicyclic amines) is 1. The van der Waals surface area contributed by atoms with Gasteiger partial charge in [-0.2, -0.15) is 5.10 Å². The van der Waals surface area contributed by atoms with Crippen LogP contribution in [-0.4, -0.2) is 42.1 Å². The molecule has 0 aliphatic carbocycles. The van der Waals surface area contributed by atoms with Gasteiger partial charge in [-0.3, -0.25) is 4.79 Å². The van der Waals surface area contributed by atoms with Crippen molar-refractivity contribution >= 4 is 17.4 Å². The highest BCUT2D eigenvalue weighted by Gasteiger charge is 2.34. The zero-order valence-corrected chi connectivity index (χ0v) is 15.4. The fourth-order valence-corrected chi connectivity index (χ4v) is 2.91. The van der Waals surface area contributed by atoms with E-state index in [1.165, 1.54) is 13.0 Å². The third-order valence-electron chi connectivity index (χ3n) is 4.19. The minimum Gasteiger partial charge on any atom is -0.399 e. The Hall–Kier alpha value is -3.05. The molecule has 1 aliphatic heterocycles. The number of hydrazone groups is 1. The Morgan fingerprint density at radius 1 is 1.28 bits per heavy atom. The number of carbonyl (C=O) groups excluding carboxylic acids is 1. The molecule has 12 heteroatoms. The molecule has 0 aromatic heterocycles. The van der Waals surface area contributed by atoms with E-state index >= 15 is 0 Å². The molecule has 0 bridgehead atoms. The fraction of sp³-hybridized carbons (Fsp3) is 0.412. The summed E-state index contributed by atoms with van der Waals surface area (Å²) in [5.41, 5.74) is 5.47. The quantitative estimate of drug-likeness (QED) is 0.227. The molecule has 2 rings (SSSR count). The maximum absolute atomic E-state index is 13.9. The third kappa shape index (κ3) is 6.22. The molecule has 0 saturated carbocycles. The number of halogens is 5. The molecular weight excluding hydrogens is 401 g/mol. The highest BCUT2D eigenvalue weighted by atomic mass is 19.4. The summed E-state index contributed by atoms with van der Waals surface area (Å²) < 4.78 is 67.8. The average Bonchev–Trinajstić information content (AvgIpc) is 2.62. The van der Waals surface area contributed by atoms with Crippen LogP contribution in [0.2, 0.25) is 0 Å². The molecule has 1 fully saturated rings. The number of piperidine rings is 1. The average molecular weight is 421 g/mol. The standard InChI is InChI=1S/C17H20F5N5O2/c1-9(28)25-11-2-4-27(5-3-11)15(26-24)8-14(23)10-6-12(18)16(13(19)7-10)29-17(20,21)22/h6-8,11H,2-5,23-24H2,1H3,(H,25,28)/b14-8-,26-15+. The van der Waals surface area contributed by atoms with Gasteiger partial charge in [-0.25, -0.2) is 8.78 Å². The summed E-state index contributed by atoms with van der Waals surface area (Å²) in [6, 6.07) is 1.24. The van der Waals surface area contributed by atoms with Crippen LogP contribution in [-0.2, 0) is 4.79 Å². The van der Waals surface area contributed by atoms with Crippen LogP contribution < -0.4 is 21.6 Å². The number of amides is 1. The predicted octanol–water partition coefficient (Wildman–Crippen LogP) is 2.04. The summed E-state index contributed by atoms with van der Waals surface area (Å²) in [4.78, 5) is 12.9. The number of hydrogen-bond donors (Lipinski definition) is 3. The number of nitrogens with zero attached hydrogens (tertiary/aromatic N) is 2. The number of rotatable bonds is 4. The number of alkyl halides is 3. The van der Waals surface area contributed by atoms with Crippen LogP contribution in [0.1, 0.15) is 25.3 Å². The topological polar surface area (TPSA) is 106 Å². The van der Waals surface area contributed by atoms with E-state index in [9.17, 15) is 26.7 Å². The molecule has 1 aliphatic rings. The molecule has 160 valence electrons. The minimum absolute atomic E-state index is 0.00784. The lowest BCUT2D eigenvalue weighted by molar-refractivity contribution is -0.276. The van der Waals surface area contributed by atoms with Crippen molar-refractivity contribution < 1.29 is 31.5 Å². The van der Waals surface area contributed by atoms with Gasteiger partial charge in [-0.05, 0) is 25.0 Å². The second-order valence-corrected chi connectivity index (χ2v) is 6.37. The van der Waals surface area contributed by atoms with E-state index in [0.717, 1.165) is 0 Å². The van der Waals surface area contributed by atoms with E-state index in [-0.39, 0.29) is 29.0 Å². The molecule has 0 spiro atoms. The van der Waals surface area contributed by atoms with Crippen LogP contribution in [0.15, 0.2) is 23.3 Å². The van der Waals surface area contributed by atoms with Crippen molar-refractivity contribution in [1.82, 2.24) is 10.2 Å². The summed E-state index contributed by atoms with van der Waals surface area (Å²) >= 11 is 0. The zero-order chi connectivity index (χ0) is 21.8. The Kier molecular flexibility index (Phi) is 6.88. The first-order valence-electron chi connectivity index (χ1n) is 8.52. The van der Waals surface area contributed by atoms with Crippen LogP contribution in [0.3, 0.4) is 0 Å². The summed E-state index contributed by atoms with van der Waals surface area (Å²) in [7, 11) is 0. The normalized spacial score (nSPS) is 16.7. The molecule has 1 saturated heterocycles. The lowest BCUT2D eigenvalue weighted by Gasteiger charge is -2.33. The molecule has 7 nitrogen and oxygen atoms in total.